The molecule has 1 N–H and O–H groups in total. The smallest absolute Gasteiger partial charge is 0.227 e. The first-order valence-electron chi connectivity index (χ1n) is 5.89. The Morgan fingerprint density at radius 3 is 2.63 bits per heavy atom. The maximum Gasteiger partial charge on any atom is 0.227 e. The molecule has 0 amide bonds. The number of aromatic hydroxyl groups is 1. The van der Waals surface area contributed by atoms with Gasteiger partial charge >= 0.3 is 0 Å². The number of phenols is 1. The molecule has 19 heavy (non-hydrogen) atoms. The second-order valence-electron chi connectivity index (χ2n) is 4.30. The van der Waals surface area contributed by atoms with Crippen LogP contribution in [-0.4, -0.2) is 15.1 Å². The monoisotopic (exact) mass is 252 g/mol. The SMILES string of the molecule is Cc1ccc(-c2cncc(-c3ncco3)c2)cc1O. The van der Waals surface area contributed by atoms with Crippen LogP contribution in [0.15, 0.2) is 53.5 Å². The van der Waals surface area contributed by atoms with Crippen LogP contribution in [0.4, 0.5) is 0 Å². The highest BCUT2D eigenvalue weighted by atomic mass is 16.3. The summed E-state index contributed by atoms with van der Waals surface area (Å²) in [6, 6.07) is 7.49. The van der Waals surface area contributed by atoms with Crippen molar-refractivity contribution in [1.82, 2.24) is 9.97 Å². The molecule has 0 spiro atoms. The van der Waals surface area contributed by atoms with Gasteiger partial charge in [0.1, 0.15) is 12.0 Å². The Balaban J connectivity index is 2.06. The van der Waals surface area contributed by atoms with Crippen LogP contribution in [0.2, 0.25) is 0 Å². The van der Waals surface area contributed by atoms with Crippen molar-refractivity contribution >= 4 is 0 Å². The van der Waals surface area contributed by atoms with E-state index >= 15 is 0 Å². The number of pyridine rings is 1. The average Bonchev–Trinajstić information content (AvgIpc) is 2.96. The molecule has 0 saturated heterocycles. The minimum Gasteiger partial charge on any atom is -0.508 e. The van der Waals surface area contributed by atoms with Gasteiger partial charge in [0.25, 0.3) is 0 Å². The number of oxazole rings is 1. The molecule has 2 heterocycles. The van der Waals surface area contributed by atoms with E-state index in [1.54, 1.807) is 24.7 Å². The Morgan fingerprint density at radius 2 is 1.89 bits per heavy atom. The highest BCUT2D eigenvalue weighted by Crippen LogP contribution is 2.28. The van der Waals surface area contributed by atoms with E-state index in [9.17, 15) is 5.11 Å². The summed E-state index contributed by atoms with van der Waals surface area (Å²) in [5.41, 5.74) is 3.47. The number of benzene rings is 1. The summed E-state index contributed by atoms with van der Waals surface area (Å²) in [4.78, 5) is 8.28. The number of nitrogens with zero attached hydrogens (tertiary/aromatic N) is 2. The van der Waals surface area contributed by atoms with Crippen LogP contribution in [-0.2, 0) is 0 Å². The Morgan fingerprint density at radius 1 is 1.05 bits per heavy atom. The van der Waals surface area contributed by atoms with Crippen molar-refractivity contribution in [3.05, 3.63) is 54.7 Å². The molecule has 2 aromatic heterocycles. The van der Waals surface area contributed by atoms with Crippen molar-refractivity contribution in [2.24, 2.45) is 0 Å². The maximum atomic E-state index is 9.76. The second kappa shape index (κ2) is 4.57. The van der Waals surface area contributed by atoms with E-state index in [2.05, 4.69) is 9.97 Å². The van der Waals surface area contributed by atoms with Crippen molar-refractivity contribution in [3.8, 4) is 28.3 Å². The highest BCUT2D eigenvalue weighted by molar-refractivity contribution is 5.69. The largest absolute Gasteiger partial charge is 0.508 e. The first-order valence-corrected chi connectivity index (χ1v) is 5.89. The highest BCUT2D eigenvalue weighted by Gasteiger charge is 2.06. The van der Waals surface area contributed by atoms with E-state index in [1.807, 2.05) is 25.1 Å². The quantitative estimate of drug-likeness (QED) is 0.759. The summed E-state index contributed by atoms with van der Waals surface area (Å²) in [5.74, 6) is 0.810. The van der Waals surface area contributed by atoms with Gasteiger partial charge in [0.2, 0.25) is 5.89 Å². The second-order valence-corrected chi connectivity index (χ2v) is 4.30. The molecule has 4 nitrogen and oxygen atoms in total. The predicted molar refractivity (Wildman–Crippen MR) is 71.6 cm³/mol. The molecule has 0 aliphatic heterocycles. The topological polar surface area (TPSA) is 59.2 Å². The Labute approximate surface area is 110 Å². The van der Waals surface area contributed by atoms with Crippen LogP contribution >= 0.6 is 0 Å². The first-order chi connectivity index (χ1) is 9.24. The third kappa shape index (κ3) is 2.20. The van der Waals surface area contributed by atoms with Gasteiger partial charge < -0.3 is 9.52 Å². The molecular weight excluding hydrogens is 240 g/mol. The summed E-state index contributed by atoms with van der Waals surface area (Å²) < 4.78 is 5.25. The summed E-state index contributed by atoms with van der Waals surface area (Å²) in [7, 11) is 0. The molecule has 0 aliphatic carbocycles. The molecule has 0 unspecified atom stereocenters. The van der Waals surface area contributed by atoms with Crippen LogP contribution in [0.5, 0.6) is 5.75 Å². The number of hydrogen-bond acceptors (Lipinski definition) is 4. The van der Waals surface area contributed by atoms with Crippen LogP contribution < -0.4 is 0 Å². The van der Waals surface area contributed by atoms with Gasteiger partial charge in [-0.2, -0.15) is 0 Å². The van der Waals surface area contributed by atoms with Gasteiger partial charge in [-0.1, -0.05) is 12.1 Å². The first kappa shape index (κ1) is 11.5. The number of phenolic OH excluding ortho intramolecular Hbond substituents is 1. The van der Waals surface area contributed by atoms with Crippen LogP contribution in [0.1, 0.15) is 5.56 Å². The minimum atomic E-state index is 0.277. The Hall–Kier alpha value is -2.62. The van der Waals surface area contributed by atoms with E-state index in [0.29, 0.717) is 5.89 Å². The van der Waals surface area contributed by atoms with E-state index < -0.39 is 0 Å². The fourth-order valence-corrected chi connectivity index (χ4v) is 1.87. The number of rotatable bonds is 2. The van der Waals surface area contributed by atoms with Crippen LogP contribution in [0, 0.1) is 6.92 Å². The molecule has 4 heteroatoms. The minimum absolute atomic E-state index is 0.277. The summed E-state index contributed by atoms with van der Waals surface area (Å²) in [6.45, 7) is 1.86. The summed E-state index contributed by atoms with van der Waals surface area (Å²) in [5, 5.41) is 9.76. The lowest BCUT2D eigenvalue weighted by Crippen LogP contribution is -1.85. The molecule has 3 aromatic rings. The van der Waals surface area contributed by atoms with Crippen LogP contribution in [0.25, 0.3) is 22.6 Å². The standard InChI is InChI=1S/C15H12N2O2/c1-10-2-3-11(7-14(10)18)12-6-13(9-16-8-12)15-17-4-5-19-15/h2-9,18H,1H3. The van der Waals surface area contributed by atoms with Crippen molar-refractivity contribution in [2.45, 2.75) is 6.92 Å². The van der Waals surface area contributed by atoms with Gasteiger partial charge in [-0.25, -0.2) is 4.98 Å². The molecule has 0 bridgehead atoms. The summed E-state index contributed by atoms with van der Waals surface area (Å²) >= 11 is 0. The van der Waals surface area contributed by atoms with E-state index in [-0.39, 0.29) is 5.75 Å². The van der Waals surface area contributed by atoms with E-state index in [4.69, 9.17) is 4.42 Å². The fourth-order valence-electron chi connectivity index (χ4n) is 1.87. The van der Waals surface area contributed by atoms with Gasteiger partial charge in [0, 0.05) is 18.0 Å². The molecule has 1 aromatic carbocycles. The van der Waals surface area contributed by atoms with Crippen molar-refractivity contribution in [2.75, 3.05) is 0 Å². The lowest BCUT2D eigenvalue weighted by molar-refractivity contribution is 0.471. The van der Waals surface area contributed by atoms with Crippen molar-refractivity contribution < 1.29 is 9.52 Å². The molecule has 0 saturated carbocycles. The number of hydrogen-bond donors (Lipinski definition) is 1. The normalized spacial score (nSPS) is 10.6. The molecule has 0 aliphatic rings. The molecular formula is C15H12N2O2. The maximum absolute atomic E-state index is 9.76. The average molecular weight is 252 g/mol. The fraction of sp³-hybridized carbons (Fsp3) is 0.0667. The molecule has 0 radical (unpaired) electrons. The van der Waals surface area contributed by atoms with E-state index in [1.165, 1.54) is 6.26 Å². The molecule has 94 valence electrons. The lowest BCUT2D eigenvalue weighted by atomic mass is 10.0. The van der Waals surface area contributed by atoms with Gasteiger partial charge in [0.05, 0.1) is 11.8 Å². The van der Waals surface area contributed by atoms with Gasteiger partial charge in [0.15, 0.2) is 0 Å². The third-order valence-electron chi connectivity index (χ3n) is 2.96. The molecule has 0 atom stereocenters. The molecule has 0 fully saturated rings. The molecule has 3 rings (SSSR count). The van der Waals surface area contributed by atoms with E-state index in [0.717, 1.165) is 22.3 Å². The third-order valence-corrected chi connectivity index (χ3v) is 2.96. The van der Waals surface area contributed by atoms with Gasteiger partial charge in [-0.15, -0.1) is 0 Å². The van der Waals surface area contributed by atoms with Crippen molar-refractivity contribution in [1.29, 1.82) is 0 Å². The van der Waals surface area contributed by atoms with Gasteiger partial charge in [-0.3, -0.25) is 4.98 Å². The predicted octanol–water partition coefficient (Wildman–Crippen LogP) is 3.42. The zero-order valence-electron chi connectivity index (χ0n) is 10.4. The zero-order valence-corrected chi connectivity index (χ0v) is 10.4. The van der Waals surface area contributed by atoms with Gasteiger partial charge in [-0.05, 0) is 30.2 Å². The number of aromatic nitrogens is 2. The van der Waals surface area contributed by atoms with Crippen LogP contribution in [0.3, 0.4) is 0 Å². The summed E-state index contributed by atoms with van der Waals surface area (Å²) in [6.07, 6.45) is 6.57. The van der Waals surface area contributed by atoms with Crippen molar-refractivity contribution in [3.63, 3.8) is 0 Å². The Kier molecular flexibility index (Phi) is 2.76. The lowest BCUT2D eigenvalue weighted by Gasteiger charge is -2.05. The Bertz CT molecular complexity index is 706. The number of aryl methyl sites for hydroxylation is 1. The zero-order chi connectivity index (χ0) is 13.2.